The number of rotatable bonds is 6. The van der Waals surface area contributed by atoms with E-state index in [1.807, 2.05) is 18.2 Å². The molecule has 2 aromatic carbocycles. The standard InChI is InChI=1S/C18H18FN5/c1-2-24(13-14-8-4-3-5-9-14)17-12-20-23-18(22-17)21-16-11-7-6-10-15(16)19/h3-12H,2,13H2,1H3,(H,21,22,23). The maximum absolute atomic E-state index is 13.7. The van der Waals surface area contributed by atoms with Crippen LogP contribution in [0.4, 0.5) is 21.8 Å². The van der Waals surface area contributed by atoms with E-state index in [1.54, 1.807) is 24.4 Å². The van der Waals surface area contributed by atoms with Crippen molar-refractivity contribution in [3.8, 4) is 0 Å². The highest BCUT2D eigenvalue weighted by Crippen LogP contribution is 2.19. The summed E-state index contributed by atoms with van der Waals surface area (Å²) in [7, 11) is 0. The molecule has 0 saturated carbocycles. The average molecular weight is 323 g/mol. The van der Waals surface area contributed by atoms with Crippen LogP contribution < -0.4 is 10.2 Å². The molecule has 3 rings (SSSR count). The van der Waals surface area contributed by atoms with Gasteiger partial charge in [0, 0.05) is 13.1 Å². The molecular formula is C18H18FN5. The maximum atomic E-state index is 13.7. The number of benzene rings is 2. The summed E-state index contributed by atoms with van der Waals surface area (Å²) < 4.78 is 13.7. The van der Waals surface area contributed by atoms with Crippen molar-refractivity contribution in [2.45, 2.75) is 13.5 Å². The molecule has 0 fully saturated rings. The first-order valence-corrected chi connectivity index (χ1v) is 7.76. The Balaban J connectivity index is 1.79. The van der Waals surface area contributed by atoms with Gasteiger partial charge >= 0.3 is 0 Å². The first kappa shape index (κ1) is 15.9. The SMILES string of the molecule is CCN(Cc1ccccc1)c1cnnc(Nc2ccccc2F)n1. The fraction of sp³-hybridized carbons (Fsp3) is 0.167. The summed E-state index contributed by atoms with van der Waals surface area (Å²) in [6, 6.07) is 16.5. The Morgan fingerprint density at radius 3 is 2.54 bits per heavy atom. The zero-order chi connectivity index (χ0) is 16.8. The first-order chi connectivity index (χ1) is 11.8. The van der Waals surface area contributed by atoms with Crippen LogP contribution in [0.1, 0.15) is 12.5 Å². The van der Waals surface area contributed by atoms with Crippen LogP contribution in [0.5, 0.6) is 0 Å². The summed E-state index contributed by atoms with van der Waals surface area (Å²) >= 11 is 0. The third kappa shape index (κ3) is 3.84. The van der Waals surface area contributed by atoms with E-state index in [-0.39, 0.29) is 11.8 Å². The van der Waals surface area contributed by atoms with Gasteiger partial charge in [0.25, 0.3) is 0 Å². The lowest BCUT2D eigenvalue weighted by atomic mass is 10.2. The van der Waals surface area contributed by atoms with Gasteiger partial charge in [-0.25, -0.2) is 4.39 Å². The maximum Gasteiger partial charge on any atom is 0.249 e. The highest BCUT2D eigenvalue weighted by molar-refractivity contribution is 5.55. The third-order valence-corrected chi connectivity index (χ3v) is 3.59. The van der Waals surface area contributed by atoms with Crippen LogP contribution in [-0.4, -0.2) is 21.7 Å². The van der Waals surface area contributed by atoms with E-state index < -0.39 is 0 Å². The van der Waals surface area contributed by atoms with Crippen molar-refractivity contribution in [1.29, 1.82) is 0 Å². The predicted molar refractivity (Wildman–Crippen MR) is 92.7 cm³/mol. The molecule has 0 saturated heterocycles. The second kappa shape index (κ2) is 7.50. The number of hydrogen-bond donors (Lipinski definition) is 1. The molecule has 0 atom stereocenters. The zero-order valence-corrected chi connectivity index (χ0v) is 13.4. The van der Waals surface area contributed by atoms with Crippen LogP contribution in [0.2, 0.25) is 0 Å². The van der Waals surface area contributed by atoms with Crippen LogP contribution in [0, 0.1) is 5.82 Å². The van der Waals surface area contributed by atoms with Gasteiger partial charge < -0.3 is 10.2 Å². The Bertz CT molecular complexity index is 794. The monoisotopic (exact) mass is 323 g/mol. The minimum absolute atomic E-state index is 0.268. The van der Waals surface area contributed by atoms with Gasteiger partial charge in [-0.05, 0) is 24.6 Å². The van der Waals surface area contributed by atoms with Crippen molar-refractivity contribution in [2.24, 2.45) is 0 Å². The summed E-state index contributed by atoms with van der Waals surface area (Å²) in [5.74, 6) is 0.599. The van der Waals surface area contributed by atoms with E-state index in [4.69, 9.17) is 0 Å². The van der Waals surface area contributed by atoms with E-state index in [9.17, 15) is 4.39 Å². The molecule has 1 N–H and O–H groups in total. The number of nitrogens with zero attached hydrogens (tertiary/aromatic N) is 4. The van der Waals surface area contributed by atoms with Crippen molar-refractivity contribution in [3.05, 3.63) is 72.2 Å². The molecule has 122 valence electrons. The Kier molecular flexibility index (Phi) is 4.96. The van der Waals surface area contributed by atoms with Crippen LogP contribution in [0.3, 0.4) is 0 Å². The van der Waals surface area contributed by atoms with Gasteiger partial charge in [-0.2, -0.15) is 10.1 Å². The molecule has 1 heterocycles. The second-order valence-corrected chi connectivity index (χ2v) is 5.24. The zero-order valence-electron chi connectivity index (χ0n) is 13.4. The van der Waals surface area contributed by atoms with Crippen LogP contribution in [-0.2, 0) is 6.54 Å². The Hall–Kier alpha value is -3.02. The van der Waals surface area contributed by atoms with Gasteiger partial charge in [0.1, 0.15) is 5.82 Å². The Morgan fingerprint density at radius 2 is 1.79 bits per heavy atom. The summed E-state index contributed by atoms with van der Waals surface area (Å²) in [5, 5.41) is 10.8. The smallest absolute Gasteiger partial charge is 0.249 e. The van der Waals surface area contributed by atoms with Crippen molar-refractivity contribution in [3.63, 3.8) is 0 Å². The number of halogens is 1. The molecule has 0 spiro atoms. The number of hydrogen-bond acceptors (Lipinski definition) is 5. The molecule has 0 aliphatic rings. The van der Waals surface area contributed by atoms with Gasteiger partial charge in [-0.15, -0.1) is 5.10 Å². The lowest BCUT2D eigenvalue weighted by molar-refractivity contribution is 0.631. The average Bonchev–Trinajstić information content (AvgIpc) is 2.63. The lowest BCUT2D eigenvalue weighted by Crippen LogP contribution is -2.23. The summed E-state index contributed by atoms with van der Waals surface area (Å²) in [6.45, 7) is 3.54. The van der Waals surface area contributed by atoms with E-state index in [2.05, 4.69) is 44.5 Å². The number of para-hydroxylation sites is 1. The Labute approximate surface area is 140 Å². The molecule has 0 radical (unpaired) electrons. The van der Waals surface area contributed by atoms with Gasteiger partial charge in [0.2, 0.25) is 5.95 Å². The van der Waals surface area contributed by atoms with Crippen molar-refractivity contribution < 1.29 is 4.39 Å². The number of aromatic nitrogens is 3. The number of anilines is 3. The fourth-order valence-electron chi connectivity index (χ4n) is 2.34. The minimum atomic E-state index is -0.358. The summed E-state index contributed by atoms with van der Waals surface area (Å²) in [4.78, 5) is 6.53. The molecule has 0 unspecified atom stereocenters. The minimum Gasteiger partial charge on any atom is -0.351 e. The van der Waals surface area contributed by atoms with E-state index in [0.29, 0.717) is 11.5 Å². The molecule has 3 aromatic rings. The van der Waals surface area contributed by atoms with Gasteiger partial charge in [0.15, 0.2) is 5.82 Å². The van der Waals surface area contributed by atoms with Crippen molar-refractivity contribution >= 4 is 17.5 Å². The molecule has 0 bridgehead atoms. The Morgan fingerprint density at radius 1 is 1.04 bits per heavy atom. The fourth-order valence-corrected chi connectivity index (χ4v) is 2.34. The highest BCUT2D eigenvalue weighted by atomic mass is 19.1. The van der Waals surface area contributed by atoms with E-state index in [0.717, 1.165) is 13.1 Å². The van der Waals surface area contributed by atoms with E-state index >= 15 is 0 Å². The highest BCUT2D eigenvalue weighted by Gasteiger charge is 2.10. The van der Waals surface area contributed by atoms with Gasteiger partial charge in [0.05, 0.1) is 11.9 Å². The molecule has 24 heavy (non-hydrogen) atoms. The van der Waals surface area contributed by atoms with Gasteiger partial charge in [-0.1, -0.05) is 42.5 Å². The summed E-state index contributed by atoms with van der Waals surface area (Å²) in [5.41, 5.74) is 1.50. The largest absolute Gasteiger partial charge is 0.351 e. The molecule has 1 aromatic heterocycles. The molecular weight excluding hydrogens is 305 g/mol. The third-order valence-electron chi connectivity index (χ3n) is 3.59. The van der Waals surface area contributed by atoms with Crippen LogP contribution in [0.15, 0.2) is 60.8 Å². The van der Waals surface area contributed by atoms with Crippen LogP contribution in [0.25, 0.3) is 0 Å². The van der Waals surface area contributed by atoms with E-state index in [1.165, 1.54) is 11.6 Å². The molecule has 0 amide bonds. The molecule has 6 heteroatoms. The topological polar surface area (TPSA) is 53.9 Å². The molecule has 0 aliphatic carbocycles. The number of nitrogens with one attached hydrogen (secondary N) is 1. The predicted octanol–water partition coefficient (Wildman–Crippen LogP) is 3.78. The lowest BCUT2D eigenvalue weighted by Gasteiger charge is -2.21. The molecule has 5 nitrogen and oxygen atoms in total. The van der Waals surface area contributed by atoms with Crippen molar-refractivity contribution in [2.75, 3.05) is 16.8 Å². The van der Waals surface area contributed by atoms with Crippen molar-refractivity contribution in [1.82, 2.24) is 15.2 Å². The first-order valence-electron chi connectivity index (χ1n) is 7.76. The van der Waals surface area contributed by atoms with Gasteiger partial charge in [-0.3, -0.25) is 0 Å². The quantitative estimate of drug-likeness (QED) is 0.748. The normalized spacial score (nSPS) is 10.4. The van der Waals surface area contributed by atoms with Crippen LogP contribution >= 0.6 is 0 Å². The second-order valence-electron chi connectivity index (χ2n) is 5.24. The molecule has 0 aliphatic heterocycles. The summed E-state index contributed by atoms with van der Waals surface area (Å²) in [6.07, 6.45) is 1.61.